The van der Waals surface area contributed by atoms with E-state index >= 15 is 4.39 Å². The number of pyridine rings is 1. The van der Waals surface area contributed by atoms with E-state index in [-0.39, 0.29) is 22.9 Å². The van der Waals surface area contributed by atoms with Gasteiger partial charge in [-0.25, -0.2) is 4.39 Å². The maximum atomic E-state index is 15.3. The topological polar surface area (TPSA) is 74.7 Å². The van der Waals surface area contributed by atoms with Crippen molar-refractivity contribution < 1.29 is 14.0 Å². The predicted molar refractivity (Wildman–Crippen MR) is 135 cm³/mol. The maximum absolute atomic E-state index is 15.3. The summed E-state index contributed by atoms with van der Waals surface area (Å²) in [4.78, 5) is 41.8. The number of rotatable bonds is 4. The van der Waals surface area contributed by atoms with E-state index in [0.717, 1.165) is 24.0 Å². The van der Waals surface area contributed by atoms with E-state index in [1.807, 2.05) is 41.5 Å². The molecule has 2 aromatic carbocycles. The van der Waals surface area contributed by atoms with Gasteiger partial charge in [0.15, 0.2) is 0 Å². The summed E-state index contributed by atoms with van der Waals surface area (Å²) in [5.41, 5.74) is 3.21. The molecule has 1 saturated carbocycles. The minimum Gasteiger partial charge on any atom is -0.366 e. The molecular formula is C27H29FN4O3. The van der Waals surface area contributed by atoms with Gasteiger partial charge in [-0.1, -0.05) is 6.07 Å². The Morgan fingerprint density at radius 3 is 2.23 bits per heavy atom. The van der Waals surface area contributed by atoms with E-state index in [4.69, 9.17) is 0 Å². The van der Waals surface area contributed by atoms with Crippen LogP contribution in [0.5, 0.6) is 0 Å². The Labute approximate surface area is 203 Å². The Morgan fingerprint density at radius 1 is 0.971 bits per heavy atom. The highest BCUT2D eigenvalue weighted by atomic mass is 19.1. The summed E-state index contributed by atoms with van der Waals surface area (Å²) < 4.78 is 17.2. The van der Waals surface area contributed by atoms with E-state index < -0.39 is 17.2 Å². The first-order valence-corrected chi connectivity index (χ1v) is 12.0. The lowest BCUT2D eigenvalue weighted by atomic mass is 10.1. The summed E-state index contributed by atoms with van der Waals surface area (Å²) in [6.07, 6.45) is 3.51. The molecule has 0 radical (unpaired) electrons. The molecular weight excluding hydrogens is 447 g/mol. The number of benzene rings is 2. The second-order valence-electron chi connectivity index (χ2n) is 9.65. The summed E-state index contributed by atoms with van der Waals surface area (Å²) in [6, 6.07) is 8.87. The highest BCUT2D eigenvalue weighted by Crippen LogP contribution is 2.38. The molecule has 2 aliphatic rings. The molecule has 7 nitrogen and oxygen atoms in total. The minimum atomic E-state index is -0.500. The molecule has 1 N–H and O–H groups in total. The average molecular weight is 477 g/mol. The molecule has 0 bridgehead atoms. The Morgan fingerprint density at radius 2 is 1.63 bits per heavy atom. The average Bonchev–Trinajstić information content (AvgIpc) is 3.64. The van der Waals surface area contributed by atoms with Crippen LogP contribution in [0.25, 0.3) is 10.9 Å². The predicted octanol–water partition coefficient (Wildman–Crippen LogP) is 4.01. The van der Waals surface area contributed by atoms with Crippen LogP contribution in [-0.4, -0.2) is 47.5 Å². The fourth-order valence-electron chi connectivity index (χ4n) is 4.93. The zero-order chi connectivity index (χ0) is 24.9. The molecule has 182 valence electrons. The molecule has 5 rings (SSSR count). The van der Waals surface area contributed by atoms with Gasteiger partial charge in [-0.3, -0.25) is 14.4 Å². The number of anilines is 2. The van der Waals surface area contributed by atoms with Crippen LogP contribution in [0.2, 0.25) is 0 Å². The smallest absolute Gasteiger partial charge is 0.261 e. The van der Waals surface area contributed by atoms with E-state index in [9.17, 15) is 14.4 Å². The van der Waals surface area contributed by atoms with Crippen LogP contribution in [0.3, 0.4) is 0 Å². The maximum Gasteiger partial charge on any atom is 0.261 e. The number of carbonyl (C=O) groups excluding carboxylic acids is 2. The summed E-state index contributed by atoms with van der Waals surface area (Å²) in [5.74, 6) is -0.987. The minimum absolute atomic E-state index is 0.00535. The second kappa shape index (κ2) is 8.83. The molecule has 3 aromatic rings. The van der Waals surface area contributed by atoms with Crippen molar-refractivity contribution in [3.8, 4) is 0 Å². The Bertz CT molecular complexity index is 1380. The zero-order valence-electron chi connectivity index (χ0n) is 20.2. The van der Waals surface area contributed by atoms with Crippen LogP contribution in [0, 0.1) is 19.7 Å². The first kappa shape index (κ1) is 23.1. The number of aryl methyl sites for hydroxylation is 2. The third-order valence-corrected chi connectivity index (χ3v) is 6.83. The Kier molecular flexibility index (Phi) is 5.83. The number of halogens is 1. The zero-order valence-corrected chi connectivity index (χ0v) is 20.2. The summed E-state index contributed by atoms with van der Waals surface area (Å²) in [5, 5.41) is 3.04. The summed E-state index contributed by atoms with van der Waals surface area (Å²) in [6.45, 7) is 7.52. The van der Waals surface area contributed by atoms with E-state index in [0.29, 0.717) is 43.1 Å². The van der Waals surface area contributed by atoms with E-state index in [2.05, 4.69) is 5.32 Å². The van der Waals surface area contributed by atoms with E-state index in [1.165, 1.54) is 13.0 Å². The van der Waals surface area contributed by atoms with Crippen LogP contribution in [-0.2, 0) is 4.79 Å². The molecule has 1 aromatic heterocycles. The van der Waals surface area contributed by atoms with Gasteiger partial charge < -0.3 is 19.7 Å². The van der Waals surface area contributed by atoms with Crippen molar-refractivity contribution in [3.63, 3.8) is 0 Å². The summed E-state index contributed by atoms with van der Waals surface area (Å²) in [7, 11) is 0. The molecule has 2 heterocycles. The van der Waals surface area contributed by atoms with Crippen LogP contribution in [0.4, 0.5) is 15.8 Å². The summed E-state index contributed by atoms with van der Waals surface area (Å²) >= 11 is 0. The van der Waals surface area contributed by atoms with Crippen LogP contribution in [0.15, 0.2) is 41.3 Å². The SMILES string of the molecule is CC(=O)N1CCN(c2cc3c(cc2F)c(=O)c(C(=O)Nc2cc(C)cc(C)c2)cn3C2CC2)CC1. The van der Waals surface area contributed by atoms with Crippen LogP contribution < -0.4 is 15.6 Å². The Balaban J connectivity index is 1.53. The van der Waals surface area contributed by atoms with Gasteiger partial charge in [0.05, 0.1) is 11.2 Å². The van der Waals surface area contributed by atoms with Crippen molar-refractivity contribution in [2.24, 2.45) is 0 Å². The number of piperazine rings is 1. The van der Waals surface area contributed by atoms with Crippen molar-refractivity contribution in [1.29, 1.82) is 0 Å². The third-order valence-electron chi connectivity index (χ3n) is 6.83. The van der Waals surface area contributed by atoms with Gasteiger partial charge in [0, 0.05) is 56.4 Å². The third kappa shape index (κ3) is 4.52. The standard InChI is InChI=1S/C27H29FN4O3/c1-16-10-17(2)12-19(11-16)29-27(35)22-15-32(20-4-5-20)24-14-25(23(28)13-21(24)26(22)34)31-8-6-30(7-9-31)18(3)33/h10-15,20H,4-9H2,1-3H3,(H,29,35). The molecule has 0 unspecified atom stereocenters. The molecule has 8 heteroatoms. The molecule has 2 amide bonds. The molecule has 1 aliphatic carbocycles. The fourth-order valence-corrected chi connectivity index (χ4v) is 4.93. The number of hydrogen-bond donors (Lipinski definition) is 1. The number of amides is 2. The van der Waals surface area contributed by atoms with Gasteiger partial charge >= 0.3 is 0 Å². The van der Waals surface area contributed by atoms with Crippen LogP contribution in [0.1, 0.15) is 47.3 Å². The first-order chi connectivity index (χ1) is 16.7. The molecule has 2 fully saturated rings. The largest absolute Gasteiger partial charge is 0.366 e. The molecule has 35 heavy (non-hydrogen) atoms. The highest BCUT2D eigenvalue weighted by molar-refractivity contribution is 6.06. The Hall–Kier alpha value is -3.68. The van der Waals surface area contributed by atoms with Gasteiger partial charge in [-0.15, -0.1) is 0 Å². The number of nitrogens with one attached hydrogen (secondary N) is 1. The lowest BCUT2D eigenvalue weighted by Gasteiger charge is -2.36. The highest BCUT2D eigenvalue weighted by Gasteiger charge is 2.29. The van der Waals surface area contributed by atoms with Crippen molar-refractivity contribution in [2.75, 3.05) is 36.4 Å². The van der Waals surface area contributed by atoms with Crippen molar-refractivity contribution in [1.82, 2.24) is 9.47 Å². The number of carbonyl (C=O) groups is 2. The van der Waals surface area contributed by atoms with Gasteiger partial charge in [0.2, 0.25) is 11.3 Å². The molecule has 0 atom stereocenters. The fraction of sp³-hybridized carbons (Fsp3) is 0.370. The molecule has 1 aliphatic heterocycles. The first-order valence-electron chi connectivity index (χ1n) is 12.0. The van der Waals surface area contributed by atoms with Crippen molar-refractivity contribution in [3.05, 3.63) is 69.3 Å². The lowest BCUT2D eigenvalue weighted by molar-refractivity contribution is -0.129. The molecule has 0 spiro atoms. The van der Waals surface area contributed by atoms with Gasteiger partial charge in [-0.05, 0) is 62.1 Å². The van der Waals surface area contributed by atoms with Gasteiger partial charge in [-0.2, -0.15) is 0 Å². The number of hydrogen-bond acceptors (Lipinski definition) is 4. The van der Waals surface area contributed by atoms with Gasteiger partial charge in [0.1, 0.15) is 11.4 Å². The van der Waals surface area contributed by atoms with Crippen LogP contribution >= 0.6 is 0 Å². The quantitative estimate of drug-likeness (QED) is 0.618. The normalized spacial score (nSPS) is 16.0. The van der Waals surface area contributed by atoms with Crippen molar-refractivity contribution >= 4 is 34.1 Å². The number of aromatic nitrogens is 1. The molecule has 1 saturated heterocycles. The van der Waals surface area contributed by atoms with Gasteiger partial charge in [0.25, 0.3) is 5.91 Å². The monoisotopic (exact) mass is 476 g/mol. The number of nitrogens with zero attached hydrogens (tertiary/aromatic N) is 3. The van der Waals surface area contributed by atoms with Crippen molar-refractivity contribution in [2.45, 2.75) is 39.7 Å². The van der Waals surface area contributed by atoms with E-state index in [1.54, 1.807) is 17.2 Å². The number of fused-ring (bicyclic) bond motifs is 1. The second-order valence-corrected chi connectivity index (χ2v) is 9.65. The lowest BCUT2D eigenvalue weighted by Crippen LogP contribution is -2.48.